The van der Waals surface area contributed by atoms with Gasteiger partial charge in [0.1, 0.15) is 0 Å². The maximum absolute atomic E-state index is 11.9. The fraction of sp³-hybridized carbons (Fsp3) is 0.583. The van der Waals surface area contributed by atoms with E-state index in [-0.39, 0.29) is 18.4 Å². The van der Waals surface area contributed by atoms with Gasteiger partial charge in [0.05, 0.1) is 25.2 Å². The highest BCUT2D eigenvalue weighted by Crippen LogP contribution is 2.43. The first kappa shape index (κ1) is 13.5. The topological polar surface area (TPSA) is 104 Å². The lowest BCUT2D eigenvalue weighted by atomic mass is 9.84. The lowest BCUT2D eigenvalue weighted by molar-refractivity contribution is -0.169. The van der Waals surface area contributed by atoms with Crippen LogP contribution in [0.4, 0.5) is 0 Å². The maximum Gasteiger partial charge on any atom is 0.330 e. The molecular formula is C12H15NO6. The summed E-state index contributed by atoms with van der Waals surface area (Å²) in [5, 5.41) is 18.7. The van der Waals surface area contributed by atoms with Gasteiger partial charge in [0.25, 0.3) is 0 Å². The summed E-state index contributed by atoms with van der Waals surface area (Å²) in [4.78, 5) is 35.5. The van der Waals surface area contributed by atoms with Crippen LogP contribution in [0.3, 0.4) is 0 Å². The number of aliphatic hydroxyl groups is 1. The Morgan fingerprint density at radius 2 is 2.16 bits per heavy atom. The fourth-order valence-corrected chi connectivity index (χ4v) is 2.82. The molecule has 0 bridgehead atoms. The normalized spacial score (nSPS) is 32.8. The zero-order valence-electron chi connectivity index (χ0n) is 10.6. The number of β-lactam (4-membered cyclic amide) rings is 1. The number of carbonyl (C=O) groups excluding carboxylic acids is 2. The van der Waals surface area contributed by atoms with Crippen molar-refractivity contribution in [3.8, 4) is 0 Å². The number of nitrogens with zero attached hydrogens (tertiary/aromatic N) is 1. The molecule has 0 spiro atoms. The van der Waals surface area contributed by atoms with E-state index in [9.17, 15) is 24.6 Å². The van der Waals surface area contributed by atoms with Crippen LogP contribution in [0.25, 0.3) is 0 Å². The largest absolute Gasteiger partial charge is 0.479 e. The Morgan fingerprint density at radius 3 is 2.63 bits per heavy atom. The molecule has 2 rings (SSSR count). The van der Waals surface area contributed by atoms with E-state index in [1.165, 1.54) is 18.9 Å². The third kappa shape index (κ3) is 1.99. The number of hydrogen-bond acceptors (Lipinski definition) is 5. The Kier molecular flexibility index (Phi) is 3.32. The highest BCUT2D eigenvalue weighted by atomic mass is 16.5. The summed E-state index contributed by atoms with van der Waals surface area (Å²) in [6.07, 6.45) is 0.553. The molecule has 2 N–H and O–H groups in total. The minimum absolute atomic E-state index is 0.271. The highest BCUT2D eigenvalue weighted by molar-refractivity contribution is 5.96. The molecule has 2 saturated heterocycles. The van der Waals surface area contributed by atoms with Crippen LogP contribution in [-0.2, 0) is 19.1 Å². The molecule has 0 aromatic rings. The van der Waals surface area contributed by atoms with Crippen molar-refractivity contribution in [1.29, 1.82) is 0 Å². The van der Waals surface area contributed by atoms with Gasteiger partial charge in [0.2, 0.25) is 5.91 Å². The van der Waals surface area contributed by atoms with Crippen LogP contribution in [0.5, 0.6) is 0 Å². The van der Waals surface area contributed by atoms with Gasteiger partial charge < -0.3 is 19.8 Å². The molecule has 2 aliphatic heterocycles. The number of methoxy groups -OCH3 is 1. The molecule has 2 aliphatic rings. The number of aliphatic hydroxyl groups excluding tert-OH is 1. The second kappa shape index (κ2) is 4.65. The van der Waals surface area contributed by atoms with E-state index in [4.69, 9.17) is 0 Å². The van der Waals surface area contributed by atoms with Crippen LogP contribution in [0.2, 0.25) is 0 Å². The van der Waals surface area contributed by atoms with Gasteiger partial charge in [-0.1, -0.05) is 0 Å². The van der Waals surface area contributed by atoms with Crippen LogP contribution < -0.4 is 0 Å². The number of esters is 1. The van der Waals surface area contributed by atoms with Crippen molar-refractivity contribution in [1.82, 2.24) is 4.90 Å². The van der Waals surface area contributed by atoms with E-state index in [1.807, 2.05) is 0 Å². The van der Waals surface area contributed by atoms with Crippen molar-refractivity contribution in [2.75, 3.05) is 7.11 Å². The molecule has 0 aromatic heterocycles. The minimum atomic E-state index is -1.19. The van der Waals surface area contributed by atoms with E-state index in [1.54, 1.807) is 0 Å². The van der Waals surface area contributed by atoms with E-state index in [0.717, 1.165) is 6.08 Å². The van der Waals surface area contributed by atoms with Crippen LogP contribution in [0.1, 0.15) is 13.3 Å². The maximum atomic E-state index is 11.9. The number of fused-ring (bicyclic) bond motifs is 1. The third-order valence-corrected chi connectivity index (χ3v) is 3.64. The first-order valence-electron chi connectivity index (χ1n) is 5.90. The quantitative estimate of drug-likeness (QED) is 0.393. The summed E-state index contributed by atoms with van der Waals surface area (Å²) >= 11 is 0. The molecule has 19 heavy (non-hydrogen) atoms. The number of ether oxygens (including phenoxy) is 1. The molecule has 2 heterocycles. The molecule has 0 saturated carbocycles. The first-order chi connectivity index (χ1) is 8.88. The molecule has 0 unspecified atom stereocenters. The van der Waals surface area contributed by atoms with Crippen molar-refractivity contribution >= 4 is 17.8 Å². The summed E-state index contributed by atoms with van der Waals surface area (Å²) in [7, 11) is 1.20. The van der Waals surface area contributed by atoms with Crippen LogP contribution in [0, 0.1) is 5.92 Å². The molecule has 1 amide bonds. The molecule has 0 aliphatic carbocycles. The van der Waals surface area contributed by atoms with E-state index in [0.29, 0.717) is 5.57 Å². The lowest BCUT2D eigenvalue weighted by Gasteiger charge is -2.45. The Morgan fingerprint density at radius 1 is 1.53 bits per heavy atom. The number of carboxylic acids is 1. The lowest BCUT2D eigenvalue weighted by Crippen LogP contribution is -2.64. The van der Waals surface area contributed by atoms with Gasteiger partial charge in [-0.15, -0.1) is 0 Å². The predicted molar refractivity (Wildman–Crippen MR) is 61.9 cm³/mol. The zero-order chi connectivity index (χ0) is 14.3. The van der Waals surface area contributed by atoms with Gasteiger partial charge in [-0.05, 0) is 18.9 Å². The van der Waals surface area contributed by atoms with Gasteiger partial charge in [-0.2, -0.15) is 0 Å². The molecule has 0 aromatic carbocycles. The van der Waals surface area contributed by atoms with Gasteiger partial charge in [0, 0.05) is 6.08 Å². The highest BCUT2D eigenvalue weighted by Gasteiger charge is 2.59. The van der Waals surface area contributed by atoms with E-state index >= 15 is 0 Å². The first-order valence-corrected chi connectivity index (χ1v) is 5.90. The second-order valence-electron chi connectivity index (χ2n) is 4.77. The van der Waals surface area contributed by atoms with E-state index in [2.05, 4.69) is 4.74 Å². The Labute approximate surface area is 109 Å². The number of rotatable bonds is 3. The van der Waals surface area contributed by atoms with Crippen LogP contribution >= 0.6 is 0 Å². The van der Waals surface area contributed by atoms with Crippen molar-refractivity contribution < 1.29 is 29.3 Å². The number of hydrogen-bond donors (Lipinski definition) is 2. The van der Waals surface area contributed by atoms with Gasteiger partial charge in [0.15, 0.2) is 6.04 Å². The standard InChI is InChI=1S/C12H15NO6/c1-5(14)9-7-3-6(4-8(15)19-2)10(12(17)18)13(7)11(9)16/h4-5,7,9-10,14H,3H2,1-2H3,(H,17,18)/t5-,7-,9-,10-/m1/s1. The average Bonchev–Trinajstić information content (AvgIpc) is 2.63. The molecule has 4 atom stereocenters. The Balaban J connectivity index is 2.30. The smallest absolute Gasteiger partial charge is 0.330 e. The third-order valence-electron chi connectivity index (χ3n) is 3.64. The number of carbonyl (C=O) groups is 3. The minimum Gasteiger partial charge on any atom is -0.479 e. The second-order valence-corrected chi connectivity index (χ2v) is 4.77. The summed E-state index contributed by atoms with van der Waals surface area (Å²) in [6, 6.07) is -1.49. The summed E-state index contributed by atoms with van der Waals surface area (Å²) < 4.78 is 4.47. The number of aliphatic carboxylic acids is 1. The number of amides is 1. The Bertz CT molecular complexity index is 469. The summed E-state index contributed by atoms with van der Waals surface area (Å²) in [5.41, 5.74) is 0.334. The van der Waals surface area contributed by atoms with Crippen LogP contribution in [0.15, 0.2) is 11.6 Å². The molecule has 7 heteroatoms. The molecule has 0 radical (unpaired) electrons. The predicted octanol–water partition coefficient (Wildman–Crippen LogP) is -0.849. The molecule has 104 valence electrons. The molecular weight excluding hydrogens is 254 g/mol. The van der Waals surface area contributed by atoms with Crippen molar-refractivity contribution in [2.24, 2.45) is 5.92 Å². The summed E-state index contributed by atoms with van der Waals surface area (Å²) in [6.45, 7) is 1.50. The van der Waals surface area contributed by atoms with Gasteiger partial charge in [-0.3, -0.25) is 4.79 Å². The monoisotopic (exact) mass is 269 g/mol. The molecule has 7 nitrogen and oxygen atoms in total. The van der Waals surface area contributed by atoms with Crippen molar-refractivity contribution in [3.05, 3.63) is 11.6 Å². The molecule has 2 fully saturated rings. The number of carboxylic acid groups (broad SMARTS) is 1. The van der Waals surface area contributed by atoms with Gasteiger partial charge in [-0.25, -0.2) is 9.59 Å². The zero-order valence-corrected chi connectivity index (χ0v) is 10.6. The average molecular weight is 269 g/mol. The van der Waals surface area contributed by atoms with Crippen molar-refractivity contribution in [2.45, 2.75) is 31.5 Å². The van der Waals surface area contributed by atoms with Crippen molar-refractivity contribution in [3.63, 3.8) is 0 Å². The van der Waals surface area contributed by atoms with Gasteiger partial charge >= 0.3 is 11.9 Å². The fourth-order valence-electron chi connectivity index (χ4n) is 2.82. The van der Waals surface area contributed by atoms with E-state index < -0.39 is 30.0 Å². The Hall–Kier alpha value is -1.89. The SMILES string of the molecule is COC(=O)C=C1C[C@@H]2[C@@H]([C@@H](C)O)C(=O)N2[C@H]1C(=O)O. The summed E-state index contributed by atoms with van der Waals surface area (Å²) in [5.74, 6) is -2.81. The van der Waals surface area contributed by atoms with Crippen LogP contribution in [-0.4, -0.2) is 58.3 Å².